The van der Waals surface area contributed by atoms with Crippen molar-refractivity contribution >= 4 is 56.2 Å². The van der Waals surface area contributed by atoms with Crippen LogP contribution in [-0.2, 0) is 43.8 Å². The zero-order chi connectivity index (χ0) is 24.4. The number of methoxy groups -OCH3 is 2. The molecule has 2 heterocycles. The number of thiazole rings is 1. The quantitative estimate of drug-likeness (QED) is 0.119. The number of aromatic nitrogens is 1. The first kappa shape index (κ1) is 25.0. The monoisotopic (exact) mass is 493 g/mol. The van der Waals surface area contributed by atoms with Crippen molar-refractivity contribution in [2.45, 2.75) is 31.5 Å². The van der Waals surface area contributed by atoms with Crippen LogP contribution in [0.4, 0.5) is 5.13 Å². The standard InChI is InChI=1S/C15H19N5O10S2/c1-15(2,13(24)29-4)30-19-7(6-5-31-14(16)17-6)10(21)18-8-9(12(23)28-3)20(11(8)22)32(25,26)27/h5,8-9H,1-4H3,(H2,16,17)(H,18,21)(H,25,26,27)/b19-7-. The van der Waals surface area contributed by atoms with E-state index in [2.05, 4.69) is 24.9 Å². The topological polar surface area (TPSA) is 217 Å². The smallest absolute Gasteiger partial charge is 0.363 e. The summed E-state index contributed by atoms with van der Waals surface area (Å²) in [6, 6.07) is -3.58. The number of carbonyl (C=O) groups is 4. The highest BCUT2D eigenvalue weighted by Gasteiger charge is 2.58. The van der Waals surface area contributed by atoms with Gasteiger partial charge < -0.3 is 25.4 Å². The van der Waals surface area contributed by atoms with E-state index in [0.29, 0.717) is 0 Å². The molecule has 1 fully saturated rings. The number of amides is 2. The molecule has 0 saturated carbocycles. The van der Waals surface area contributed by atoms with Crippen molar-refractivity contribution in [3.8, 4) is 0 Å². The third-order valence-corrected chi connectivity index (χ3v) is 5.63. The molecule has 1 aliphatic rings. The van der Waals surface area contributed by atoms with Crippen LogP contribution in [0.15, 0.2) is 10.5 Å². The molecular weight excluding hydrogens is 474 g/mol. The Morgan fingerprint density at radius 1 is 1.31 bits per heavy atom. The van der Waals surface area contributed by atoms with Gasteiger partial charge in [0.25, 0.3) is 11.8 Å². The van der Waals surface area contributed by atoms with Crippen LogP contribution in [0.2, 0.25) is 0 Å². The van der Waals surface area contributed by atoms with Gasteiger partial charge in [-0.2, -0.15) is 12.7 Å². The fraction of sp³-hybridized carbons (Fsp3) is 0.467. The van der Waals surface area contributed by atoms with Crippen LogP contribution < -0.4 is 11.1 Å². The average Bonchev–Trinajstić information content (AvgIpc) is 3.13. The minimum Gasteiger partial charge on any atom is -0.467 e. The molecule has 1 aliphatic heterocycles. The van der Waals surface area contributed by atoms with Crippen LogP contribution in [-0.4, -0.2) is 83.6 Å². The Kier molecular flexibility index (Phi) is 7.06. The van der Waals surface area contributed by atoms with Gasteiger partial charge in [0.05, 0.1) is 14.2 Å². The van der Waals surface area contributed by atoms with E-state index in [1.807, 2.05) is 0 Å². The van der Waals surface area contributed by atoms with Crippen LogP contribution in [0.3, 0.4) is 0 Å². The first-order valence-electron chi connectivity index (χ1n) is 8.50. The van der Waals surface area contributed by atoms with Gasteiger partial charge in [-0.05, 0) is 13.8 Å². The van der Waals surface area contributed by atoms with Gasteiger partial charge in [0.15, 0.2) is 16.9 Å². The van der Waals surface area contributed by atoms with Gasteiger partial charge in [0.2, 0.25) is 5.60 Å². The van der Waals surface area contributed by atoms with Gasteiger partial charge in [-0.15, -0.1) is 11.3 Å². The second-order valence-electron chi connectivity index (χ2n) is 6.64. The lowest BCUT2D eigenvalue weighted by atomic mass is 9.98. The molecule has 4 N–H and O–H groups in total. The third kappa shape index (κ3) is 4.94. The van der Waals surface area contributed by atoms with E-state index >= 15 is 0 Å². The Hall–Kier alpha value is -3.31. The third-order valence-electron chi connectivity index (χ3n) is 4.05. The number of nitrogens with two attached hydrogens (primary N) is 1. The summed E-state index contributed by atoms with van der Waals surface area (Å²) in [6.45, 7) is 2.61. The summed E-state index contributed by atoms with van der Waals surface area (Å²) in [5.74, 6) is -4.46. The number of hydrogen-bond donors (Lipinski definition) is 3. The maximum Gasteiger partial charge on any atom is 0.363 e. The summed E-state index contributed by atoms with van der Waals surface area (Å²) in [5.41, 5.74) is 3.30. The second-order valence-corrected chi connectivity index (χ2v) is 8.81. The zero-order valence-electron chi connectivity index (χ0n) is 17.1. The minimum atomic E-state index is -5.10. The van der Waals surface area contributed by atoms with Crippen LogP contribution >= 0.6 is 11.3 Å². The van der Waals surface area contributed by atoms with E-state index in [0.717, 1.165) is 25.6 Å². The number of ether oxygens (including phenoxy) is 2. The number of hydrogen-bond acceptors (Lipinski definition) is 13. The summed E-state index contributed by atoms with van der Waals surface area (Å²) in [4.78, 5) is 57.7. The number of nitrogens with zero attached hydrogens (tertiary/aromatic N) is 3. The predicted octanol–water partition coefficient (Wildman–Crippen LogP) is -1.93. The predicted molar refractivity (Wildman–Crippen MR) is 106 cm³/mol. The first-order valence-corrected chi connectivity index (χ1v) is 10.8. The molecule has 2 atom stereocenters. The van der Waals surface area contributed by atoms with Crippen LogP contribution in [0, 0.1) is 0 Å². The van der Waals surface area contributed by atoms with Crippen molar-refractivity contribution in [2.24, 2.45) is 5.16 Å². The molecule has 0 bridgehead atoms. The number of oxime groups is 1. The number of nitrogens with one attached hydrogen (secondary N) is 1. The number of nitrogen functional groups attached to an aromatic ring is 1. The number of esters is 2. The van der Waals surface area contributed by atoms with Gasteiger partial charge in [-0.1, -0.05) is 5.16 Å². The molecule has 0 aromatic carbocycles. The molecule has 1 saturated heterocycles. The SMILES string of the molecule is COC(=O)C1C(NC(=O)/C(=N\OC(C)(C)C(=O)OC)c2csc(N)n2)C(=O)N1S(=O)(=O)O. The minimum absolute atomic E-state index is 0.0532. The Morgan fingerprint density at radius 3 is 2.41 bits per heavy atom. The first-order chi connectivity index (χ1) is 14.7. The Balaban J connectivity index is 2.36. The molecule has 2 unspecified atom stereocenters. The largest absolute Gasteiger partial charge is 0.467 e. The molecule has 1 aromatic heterocycles. The van der Waals surface area contributed by atoms with E-state index in [4.69, 9.17) is 15.1 Å². The molecular formula is C15H19N5O10S2. The van der Waals surface area contributed by atoms with E-state index < -0.39 is 57.5 Å². The Morgan fingerprint density at radius 2 is 1.94 bits per heavy atom. The van der Waals surface area contributed by atoms with Crippen LogP contribution in [0.5, 0.6) is 0 Å². The van der Waals surface area contributed by atoms with Gasteiger partial charge in [-0.3, -0.25) is 14.1 Å². The second kappa shape index (κ2) is 9.05. The maximum atomic E-state index is 12.8. The molecule has 17 heteroatoms. The van der Waals surface area contributed by atoms with Crippen molar-refractivity contribution in [3.63, 3.8) is 0 Å². The lowest BCUT2D eigenvalue weighted by molar-refractivity contribution is -0.165. The molecule has 0 aliphatic carbocycles. The normalized spacial score (nSPS) is 19.1. The molecule has 32 heavy (non-hydrogen) atoms. The van der Waals surface area contributed by atoms with Crippen LogP contribution in [0.25, 0.3) is 0 Å². The van der Waals surface area contributed by atoms with Crippen molar-refractivity contribution in [1.82, 2.24) is 14.6 Å². The number of carbonyl (C=O) groups excluding carboxylic acids is 4. The highest BCUT2D eigenvalue weighted by molar-refractivity contribution is 7.84. The van der Waals surface area contributed by atoms with E-state index in [1.54, 1.807) is 0 Å². The Labute approximate surface area is 185 Å². The van der Waals surface area contributed by atoms with E-state index in [9.17, 15) is 27.6 Å². The summed E-state index contributed by atoms with van der Waals surface area (Å²) in [6.07, 6.45) is 0. The van der Waals surface area contributed by atoms with Crippen molar-refractivity contribution < 1.29 is 46.5 Å². The van der Waals surface area contributed by atoms with E-state index in [-0.39, 0.29) is 15.1 Å². The van der Waals surface area contributed by atoms with Gasteiger partial charge in [0.1, 0.15) is 11.7 Å². The zero-order valence-corrected chi connectivity index (χ0v) is 18.7. The lowest BCUT2D eigenvalue weighted by Gasteiger charge is -2.41. The number of β-lactam (4-membered cyclic amide) rings is 1. The number of rotatable bonds is 8. The van der Waals surface area contributed by atoms with Gasteiger partial charge >= 0.3 is 22.2 Å². The fourth-order valence-corrected chi connectivity index (χ4v) is 3.85. The van der Waals surface area contributed by atoms with Gasteiger partial charge in [-0.25, -0.2) is 14.6 Å². The fourth-order valence-electron chi connectivity index (χ4n) is 2.47. The van der Waals surface area contributed by atoms with E-state index in [1.165, 1.54) is 19.2 Å². The molecule has 0 spiro atoms. The summed E-state index contributed by atoms with van der Waals surface area (Å²) >= 11 is 0.943. The average molecular weight is 493 g/mol. The highest BCUT2D eigenvalue weighted by Crippen LogP contribution is 2.25. The Bertz CT molecular complexity index is 1080. The summed E-state index contributed by atoms with van der Waals surface area (Å²) < 4.78 is 40.8. The molecule has 0 radical (unpaired) electrons. The van der Waals surface area contributed by atoms with Crippen molar-refractivity contribution in [3.05, 3.63) is 11.1 Å². The summed E-state index contributed by atoms with van der Waals surface area (Å²) in [7, 11) is -3.07. The van der Waals surface area contributed by atoms with Gasteiger partial charge in [0, 0.05) is 5.38 Å². The highest BCUT2D eigenvalue weighted by atomic mass is 32.2. The lowest BCUT2D eigenvalue weighted by Crippen LogP contribution is -2.74. The van der Waals surface area contributed by atoms with Crippen LogP contribution in [0.1, 0.15) is 19.5 Å². The van der Waals surface area contributed by atoms with Crippen molar-refractivity contribution in [2.75, 3.05) is 20.0 Å². The molecule has 15 nitrogen and oxygen atoms in total. The molecule has 2 amide bonds. The number of anilines is 1. The maximum absolute atomic E-state index is 12.8. The molecule has 1 aromatic rings. The molecule has 2 rings (SSSR count). The summed E-state index contributed by atoms with van der Waals surface area (Å²) in [5, 5.41) is 7.12. The van der Waals surface area contributed by atoms with Crippen molar-refractivity contribution in [1.29, 1.82) is 0 Å². The molecule has 176 valence electrons.